The number of rotatable bonds is 2. The van der Waals surface area contributed by atoms with Gasteiger partial charge in [-0.25, -0.2) is 9.18 Å². The molecule has 1 heterocycles. The molecule has 0 bridgehead atoms. The van der Waals surface area contributed by atoms with Gasteiger partial charge in [-0.05, 0) is 13.0 Å². The van der Waals surface area contributed by atoms with Gasteiger partial charge in [0.05, 0.1) is 0 Å². The first kappa shape index (κ1) is 17.5. The molecule has 1 fully saturated rings. The molecule has 2 N–H and O–H groups in total. The summed E-state index contributed by atoms with van der Waals surface area (Å²) in [7, 11) is 0. The van der Waals surface area contributed by atoms with Crippen LogP contribution in [-0.2, 0) is 9.53 Å². The molecular formula is C14H13F5O4. The number of ether oxygens (including phenoxy) is 1. The standard InChI is InChI=1S/C14H13F5O4/c1-5-8(6-3-4-7(15)9(16)10(6)20)11(12(21)22)23-13(5,2)14(17,18)19/h3-5,8,11,20H,1-2H3,(H,21,22)/t5-,8-,11-,13+/m0/s1. The van der Waals surface area contributed by atoms with Crippen LogP contribution >= 0.6 is 0 Å². The minimum absolute atomic E-state index is 0.447. The Balaban J connectivity index is 2.60. The van der Waals surface area contributed by atoms with Crippen molar-refractivity contribution in [2.75, 3.05) is 0 Å². The number of benzene rings is 1. The number of hydrogen-bond donors (Lipinski definition) is 2. The van der Waals surface area contributed by atoms with Crippen molar-refractivity contribution in [2.24, 2.45) is 5.92 Å². The van der Waals surface area contributed by atoms with E-state index < -0.39 is 58.6 Å². The van der Waals surface area contributed by atoms with E-state index in [-0.39, 0.29) is 0 Å². The molecule has 23 heavy (non-hydrogen) atoms. The summed E-state index contributed by atoms with van der Waals surface area (Å²) in [5.41, 5.74) is -3.25. The summed E-state index contributed by atoms with van der Waals surface area (Å²) in [6.07, 6.45) is -6.85. The van der Waals surface area contributed by atoms with Crippen molar-refractivity contribution in [1.29, 1.82) is 0 Å². The van der Waals surface area contributed by atoms with Crippen LogP contribution < -0.4 is 0 Å². The maximum absolute atomic E-state index is 13.5. The van der Waals surface area contributed by atoms with Crippen LogP contribution in [0.2, 0.25) is 0 Å². The van der Waals surface area contributed by atoms with E-state index >= 15 is 0 Å². The number of carboxylic acid groups (broad SMARTS) is 1. The number of aliphatic carboxylic acids is 1. The molecule has 1 aliphatic rings. The van der Waals surface area contributed by atoms with E-state index in [4.69, 9.17) is 9.84 Å². The van der Waals surface area contributed by atoms with Crippen molar-refractivity contribution in [3.8, 4) is 5.75 Å². The first-order valence-electron chi connectivity index (χ1n) is 6.56. The van der Waals surface area contributed by atoms with Crippen LogP contribution in [0.25, 0.3) is 0 Å². The Hall–Kier alpha value is -1.90. The summed E-state index contributed by atoms with van der Waals surface area (Å²) in [5.74, 6) is -8.93. The van der Waals surface area contributed by atoms with Gasteiger partial charge in [-0.3, -0.25) is 0 Å². The monoisotopic (exact) mass is 340 g/mol. The van der Waals surface area contributed by atoms with Crippen LogP contribution in [0.3, 0.4) is 0 Å². The average molecular weight is 340 g/mol. The van der Waals surface area contributed by atoms with Crippen LogP contribution in [0.4, 0.5) is 22.0 Å². The minimum Gasteiger partial charge on any atom is -0.505 e. The lowest BCUT2D eigenvalue weighted by atomic mass is 9.77. The average Bonchev–Trinajstić information content (AvgIpc) is 2.71. The second-order valence-corrected chi connectivity index (χ2v) is 5.60. The molecule has 0 saturated carbocycles. The fourth-order valence-corrected chi connectivity index (χ4v) is 2.83. The van der Waals surface area contributed by atoms with E-state index in [9.17, 15) is 31.9 Å². The molecule has 1 aromatic carbocycles. The Morgan fingerprint density at radius 1 is 1.30 bits per heavy atom. The predicted molar refractivity (Wildman–Crippen MR) is 66.9 cm³/mol. The van der Waals surface area contributed by atoms with Gasteiger partial charge in [0.2, 0.25) is 5.82 Å². The van der Waals surface area contributed by atoms with Gasteiger partial charge < -0.3 is 14.9 Å². The summed E-state index contributed by atoms with van der Waals surface area (Å²) in [5, 5.41) is 18.8. The Labute approximate surface area is 127 Å². The molecule has 0 unspecified atom stereocenters. The molecule has 1 aromatic rings. The highest BCUT2D eigenvalue weighted by molar-refractivity contribution is 5.75. The zero-order valence-corrected chi connectivity index (χ0v) is 12.0. The van der Waals surface area contributed by atoms with Crippen molar-refractivity contribution in [1.82, 2.24) is 0 Å². The lowest BCUT2D eigenvalue weighted by Gasteiger charge is -2.31. The largest absolute Gasteiger partial charge is 0.505 e. The summed E-state index contributed by atoms with van der Waals surface area (Å²) < 4.78 is 71.0. The number of phenols is 1. The zero-order valence-electron chi connectivity index (χ0n) is 12.0. The van der Waals surface area contributed by atoms with Crippen molar-refractivity contribution in [2.45, 2.75) is 37.6 Å². The number of carbonyl (C=O) groups is 1. The molecular weight excluding hydrogens is 327 g/mol. The third kappa shape index (κ3) is 2.52. The lowest BCUT2D eigenvalue weighted by molar-refractivity contribution is -0.273. The van der Waals surface area contributed by atoms with Gasteiger partial charge in [0.1, 0.15) is 0 Å². The van der Waals surface area contributed by atoms with E-state index in [2.05, 4.69) is 0 Å². The van der Waals surface area contributed by atoms with E-state index in [1.807, 2.05) is 0 Å². The van der Waals surface area contributed by atoms with Gasteiger partial charge >= 0.3 is 12.1 Å². The highest BCUT2D eigenvalue weighted by Gasteiger charge is 2.66. The Morgan fingerprint density at radius 2 is 1.87 bits per heavy atom. The number of hydrogen-bond acceptors (Lipinski definition) is 3. The van der Waals surface area contributed by atoms with Crippen LogP contribution in [-0.4, -0.2) is 34.1 Å². The van der Waals surface area contributed by atoms with E-state index in [1.54, 1.807) is 0 Å². The number of alkyl halides is 3. The molecule has 2 rings (SSSR count). The summed E-state index contributed by atoms with van der Waals surface area (Å²) in [6.45, 7) is 1.77. The van der Waals surface area contributed by atoms with Gasteiger partial charge in [0.25, 0.3) is 0 Å². The molecule has 9 heteroatoms. The molecule has 4 nitrogen and oxygen atoms in total. The predicted octanol–water partition coefficient (Wildman–Crippen LogP) is 3.19. The Morgan fingerprint density at radius 3 is 2.35 bits per heavy atom. The van der Waals surface area contributed by atoms with Crippen molar-refractivity contribution < 1.29 is 41.7 Å². The topological polar surface area (TPSA) is 66.8 Å². The maximum Gasteiger partial charge on any atom is 0.417 e. The molecule has 1 aliphatic heterocycles. The zero-order chi connectivity index (χ0) is 17.7. The van der Waals surface area contributed by atoms with Crippen LogP contribution in [0.5, 0.6) is 5.75 Å². The van der Waals surface area contributed by atoms with E-state index in [0.717, 1.165) is 13.0 Å². The molecule has 0 aromatic heterocycles. The van der Waals surface area contributed by atoms with Gasteiger partial charge in [-0.15, -0.1) is 0 Å². The van der Waals surface area contributed by atoms with Gasteiger partial charge in [-0.1, -0.05) is 13.0 Å². The first-order valence-corrected chi connectivity index (χ1v) is 6.56. The minimum atomic E-state index is -4.89. The second kappa shape index (κ2) is 5.33. The second-order valence-electron chi connectivity index (χ2n) is 5.60. The van der Waals surface area contributed by atoms with Gasteiger partial charge in [0, 0.05) is 17.4 Å². The summed E-state index contributed by atoms with van der Waals surface area (Å²) in [4.78, 5) is 11.3. The van der Waals surface area contributed by atoms with Crippen LogP contribution in [0, 0.1) is 17.6 Å². The first-order chi connectivity index (χ1) is 10.4. The number of aromatic hydroxyl groups is 1. The maximum atomic E-state index is 13.5. The van der Waals surface area contributed by atoms with E-state index in [0.29, 0.717) is 13.0 Å². The van der Waals surface area contributed by atoms with Crippen molar-refractivity contribution in [3.63, 3.8) is 0 Å². The number of phenolic OH excluding ortho intramolecular Hbond substituents is 1. The molecule has 4 atom stereocenters. The fraction of sp³-hybridized carbons (Fsp3) is 0.500. The quantitative estimate of drug-likeness (QED) is 0.812. The highest BCUT2D eigenvalue weighted by atomic mass is 19.4. The molecule has 0 spiro atoms. The smallest absolute Gasteiger partial charge is 0.417 e. The Kier molecular flexibility index (Phi) is 4.04. The van der Waals surface area contributed by atoms with Crippen LogP contribution in [0.1, 0.15) is 25.3 Å². The molecule has 128 valence electrons. The third-order valence-corrected chi connectivity index (χ3v) is 4.37. The SMILES string of the molecule is C[C@H]1[C@@H](c2ccc(F)c(F)c2O)[C@@H](C(=O)O)O[C@@]1(C)C(F)(F)F. The van der Waals surface area contributed by atoms with Gasteiger partial charge in [-0.2, -0.15) is 17.6 Å². The van der Waals surface area contributed by atoms with Crippen molar-refractivity contribution >= 4 is 5.97 Å². The summed E-state index contributed by atoms with van der Waals surface area (Å²) >= 11 is 0. The Bertz CT molecular complexity index is 645. The normalized spacial score (nSPS) is 31.3. The third-order valence-electron chi connectivity index (χ3n) is 4.37. The lowest BCUT2D eigenvalue weighted by Crippen LogP contribution is -2.47. The fourth-order valence-electron chi connectivity index (χ4n) is 2.83. The van der Waals surface area contributed by atoms with E-state index in [1.165, 1.54) is 0 Å². The van der Waals surface area contributed by atoms with Crippen LogP contribution in [0.15, 0.2) is 12.1 Å². The van der Waals surface area contributed by atoms with Gasteiger partial charge in [0.15, 0.2) is 23.3 Å². The molecule has 1 saturated heterocycles. The number of carboxylic acids is 1. The van der Waals surface area contributed by atoms with Crippen molar-refractivity contribution in [3.05, 3.63) is 29.3 Å². The summed E-state index contributed by atoms with van der Waals surface area (Å²) in [6, 6.07) is 1.47. The molecule has 0 radical (unpaired) electrons. The highest BCUT2D eigenvalue weighted by Crippen LogP contribution is 2.54. The molecule has 0 amide bonds. The molecule has 0 aliphatic carbocycles. The number of halogens is 5.